The molecule has 0 N–H and O–H groups in total. The third-order valence-electron chi connectivity index (χ3n) is 2.60. The third kappa shape index (κ3) is 15.1. The number of halogens is 1. The molecular formula is C16H31ClN2O2. The summed E-state index contributed by atoms with van der Waals surface area (Å²) in [6, 6.07) is 0. The van der Waals surface area contributed by atoms with Crippen LogP contribution in [0.2, 0.25) is 0 Å². The van der Waals surface area contributed by atoms with Gasteiger partial charge in [0.05, 0.1) is 27.2 Å². The molecule has 0 bridgehead atoms. The van der Waals surface area contributed by atoms with Crippen LogP contribution in [0.25, 0.3) is 0 Å². The molecule has 0 aromatic heterocycles. The number of nitrogens with zero attached hydrogens (tertiary/aromatic N) is 2. The SMILES string of the molecule is C=C(C)C(=O)OC(C)N(C)C.C=CC[N+](C)(C)CC=C.[Cl-]. The van der Waals surface area contributed by atoms with Gasteiger partial charge in [0.1, 0.15) is 0 Å². The lowest BCUT2D eigenvalue weighted by Crippen LogP contribution is -3.00. The van der Waals surface area contributed by atoms with Crippen LogP contribution in [0.4, 0.5) is 0 Å². The molecule has 124 valence electrons. The maximum Gasteiger partial charge on any atom is 0.334 e. The number of carbonyl (C=O) groups excluding carboxylic acids is 1. The van der Waals surface area contributed by atoms with Gasteiger partial charge in [0, 0.05) is 5.57 Å². The number of esters is 1. The predicted molar refractivity (Wildman–Crippen MR) is 86.3 cm³/mol. The molecule has 21 heavy (non-hydrogen) atoms. The topological polar surface area (TPSA) is 29.5 Å². The number of likely N-dealkylation sites (N-methyl/N-ethyl adjacent to an activating group) is 1. The highest BCUT2D eigenvalue weighted by molar-refractivity contribution is 5.87. The van der Waals surface area contributed by atoms with E-state index in [2.05, 4.69) is 33.8 Å². The predicted octanol–water partition coefficient (Wildman–Crippen LogP) is -0.548. The third-order valence-corrected chi connectivity index (χ3v) is 2.60. The van der Waals surface area contributed by atoms with Crippen molar-refractivity contribution < 1.29 is 26.4 Å². The zero-order chi connectivity index (χ0) is 16.3. The minimum Gasteiger partial charge on any atom is -1.00 e. The highest BCUT2D eigenvalue weighted by atomic mass is 35.5. The maximum atomic E-state index is 10.9. The van der Waals surface area contributed by atoms with Gasteiger partial charge < -0.3 is 21.6 Å². The first-order chi connectivity index (χ1) is 9.07. The van der Waals surface area contributed by atoms with E-state index in [0.717, 1.165) is 17.6 Å². The van der Waals surface area contributed by atoms with Gasteiger partial charge in [-0.3, -0.25) is 4.90 Å². The van der Waals surface area contributed by atoms with Crippen molar-refractivity contribution in [1.82, 2.24) is 4.90 Å². The van der Waals surface area contributed by atoms with Crippen LogP contribution in [0.15, 0.2) is 37.5 Å². The van der Waals surface area contributed by atoms with Crippen LogP contribution in [0.3, 0.4) is 0 Å². The lowest BCUT2D eigenvalue weighted by Gasteiger charge is -2.26. The molecule has 0 aliphatic heterocycles. The Labute approximate surface area is 136 Å². The van der Waals surface area contributed by atoms with Gasteiger partial charge >= 0.3 is 5.97 Å². The summed E-state index contributed by atoms with van der Waals surface area (Å²) in [6.45, 7) is 16.3. The molecule has 1 atom stereocenters. The van der Waals surface area contributed by atoms with Gasteiger partial charge in [-0.1, -0.05) is 19.7 Å². The molecule has 0 aliphatic carbocycles. The monoisotopic (exact) mass is 318 g/mol. The maximum absolute atomic E-state index is 10.9. The fourth-order valence-electron chi connectivity index (χ4n) is 1.13. The summed E-state index contributed by atoms with van der Waals surface area (Å²) in [5.41, 5.74) is 0.429. The van der Waals surface area contributed by atoms with E-state index in [1.807, 2.05) is 26.2 Å². The zero-order valence-corrected chi connectivity index (χ0v) is 15.1. The van der Waals surface area contributed by atoms with Crippen LogP contribution in [-0.2, 0) is 9.53 Å². The van der Waals surface area contributed by atoms with Gasteiger partial charge in [0.15, 0.2) is 6.23 Å². The fourth-order valence-corrected chi connectivity index (χ4v) is 1.13. The first kappa shape index (κ1) is 24.9. The molecule has 0 aliphatic rings. The van der Waals surface area contributed by atoms with E-state index in [9.17, 15) is 4.79 Å². The van der Waals surface area contributed by atoms with E-state index in [4.69, 9.17) is 4.74 Å². The van der Waals surface area contributed by atoms with E-state index in [1.54, 1.807) is 18.7 Å². The average Bonchev–Trinajstić information content (AvgIpc) is 2.28. The lowest BCUT2D eigenvalue weighted by atomic mass is 10.4. The first-order valence-corrected chi connectivity index (χ1v) is 6.64. The number of ether oxygens (including phenoxy) is 1. The molecule has 4 nitrogen and oxygen atoms in total. The molecule has 5 heteroatoms. The lowest BCUT2D eigenvalue weighted by molar-refractivity contribution is -0.878. The summed E-state index contributed by atoms with van der Waals surface area (Å²) in [7, 11) is 8.00. The number of carbonyl (C=O) groups is 1. The molecule has 0 saturated carbocycles. The van der Waals surface area contributed by atoms with Gasteiger partial charge in [-0.2, -0.15) is 0 Å². The van der Waals surface area contributed by atoms with Crippen molar-refractivity contribution in [2.75, 3.05) is 41.3 Å². The summed E-state index contributed by atoms with van der Waals surface area (Å²) >= 11 is 0. The molecule has 0 aromatic rings. The van der Waals surface area contributed by atoms with Gasteiger partial charge in [0.2, 0.25) is 0 Å². The Morgan fingerprint density at radius 3 is 1.86 bits per heavy atom. The largest absolute Gasteiger partial charge is 1.00 e. The Kier molecular flexibility index (Phi) is 15.0. The number of rotatable bonds is 7. The average molecular weight is 319 g/mol. The van der Waals surface area contributed by atoms with E-state index in [-0.39, 0.29) is 24.6 Å². The molecule has 0 radical (unpaired) electrons. The van der Waals surface area contributed by atoms with Gasteiger partial charge in [-0.15, -0.1) is 0 Å². The zero-order valence-electron chi connectivity index (χ0n) is 14.4. The Hall–Kier alpha value is -1.10. The van der Waals surface area contributed by atoms with E-state index < -0.39 is 0 Å². The second-order valence-corrected chi connectivity index (χ2v) is 5.63. The number of hydrogen-bond acceptors (Lipinski definition) is 3. The summed E-state index contributed by atoms with van der Waals surface area (Å²) in [5.74, 6) is -0.341. The molecule has 0 saturated heterocycles. The van der Waals surface area contributed by atoms with Crippen LogP contribution in [0, 0.1) is 0 Å². The molecule has 1 unspecified atom stereocenters. The van der Waals surface area contributed by atoms with Crippen LogP contribution < -0.4 is 12.4 Å². The van der Waals surface area contributed by atoms with E-state index in [1.165, 1.54) is 0 Å². The highest BCUT2D eigenvalue weighted by Crippen LogP contribution is 1.99. The Balaban J connectivity index is -0.000000300. The van der Waals surface area contributed by atoms with Crippen molar-refractivity contribution in [2.45, 2.75) is 20.1 Å². The van der Waals surface area contributed by atoms with Gasteiger partial charge in [-0.25, -0.2) is 4.79 Å². The van der Waals surface area contributed by atoms with Crippen LogP contribution in [-0.4, -0.2) is 62.9 Å². The normalized spacial score (nSPS) is 11.4. The second kappa shape index (κ2) is 12.6. The van der Waals surface area contributed by atoms with Crippen LogP contribution >= 0.6 is 0 Å². The summed E-state index contributed by atoms with van der Waals surface area (Å²) in [5, 5.41) is 0. The molecule has 0 amide bonds. The molecular weight excluding hydrogens is 288 g/mol. The van der Waals surface area contributed by atoms with Crippen molar-refractivity contribution >= 4 is 5.97 Å². The molecule has 0 rings (SSSR count). The van der Waals surface area contributed by atoms with Gasteiger partial charge in [0.25, 0.3) is 0 Å². The molecule has 0 fully saturated rings. The van der Waals surface area contributed by atoms with Crippen molar-refractivity contribution in [3.63, 3.8) is 0 Å². The Morgan fingerprint density at radius 1 is 1.24 bits per heavy atom. The Bertz CT molecular complexity index is 327. The van der Waals surface area contributed by atoms with E-state index in [0.29, 0.717) is 5.57 Å². The van der Waals surface area contributed by atoms with Crippen molar-refractivity contribution in [2.24, 2.45) is 0 Å². The van der Waals surface area contributed by atoms with Crippen LogP contribution in [0.1, 0.15) is 13.8 Å². The Morgan fingerprint density at radius 2 is 1.62 bits per heavy atom. The quantitative estimate of drug-likeness (QED) is 0.207. The van der Waals surface area contributed by atoms with Crippen LogP contribution in [0.5, 0.6) is 0 Å². The van der Waals surface area contributed by atoms with Crippen molar-refractivity contribution in [3.05, 3.63) is 37.5 Å². The minimum absolute atomic E-state index is 0. The van der Waals surface area contributed by atoms with Crippen molar-refractivity contribution in [1.29, 1.82) is 0 Å². The summed E-state index contributed by atoms with van der Waals surface area (Å²) in [6.07, 6.45) is 3.67. The highest BCUT2D eigenvalue weighted by Gasteiger charge is 2.10. The van der Waals surface area contributed by atoms with E-state index >= 15 is 0 Å². The number of hydrogen-bond donors (Lipinski definition) is 0. The smallest absolute Gasteiger partial charge is 0.334 e. The fraction of sp³-hybridized carbons (Fsp3) is 0.562. The number of quaternary nitrogens is 1. The minimum atomic E-state index is -0.341. The first-order valence-electron chi connectivity index (χ1n) is 6.64. The van der Waals surface area contributed by atoms with Gasteiger partial charge in [-0.05, 0) is 40.1 Å². The standard InChI is InChI=1S/C8H15NO2.C8H16N.ClH/c1-6(2)8(10)11-7(3)9(4)5;1-5-7-9(3,4)8-6-2;/h7H,1H2,2-5H3;5-6H,1-2,7-8H2,3-4H3;1H/q;+1;/p-1. The molecule has 0 heterocycles. The molecule has 0 aromatic carbocycles. The summed E-state index contributed by atoms with van der Waals surface area (Å²) in [4.78, 5) is 12.7. The summed E-state index contributed by atoms with van der Waals surface area (Å²) < 4.78 is 5.91. The molecule has 0 spiro atoms. The second-order valence-electron chi connectivity index (χ2n) is 5.63. The van der Waals surface area contributed by atoms with Crippen molar-refractivity contribution in [3.8, 4) is 0 Å².